The molecule has 6 heteroatoms. The predicted molar refractivity (Wildman–Crippen MR) is 189 cm³/mol. The maximum absolute atomic E-state index is 2.48. The Morgan fingerprint density at radius 1 is 0.455 bits per heavy atom. The largest absolute Gasteiger partial charge is 1.00 e. The van der Waals surface area contributed by atoms with Crippen molar-refractivity contribution in [1.29, 1.82) is 0 Å². The highest BCUT2D eigenvalue weighted by molar-refractivity contribution is 4.64. The number of rotatable bonds is 22. The van der Waals surface area contributed by atoms with Crippen molar-refractivity contribution in [3.8, 4) is 0 Å². The van der Waals surface area contributed by atoms with Gasteiger partial charge in [0.1, 0.15) is 0 Å². The lowest BCUT2D eigenvalue weighted by Crippen LogP contribution is -3.00. The van der Waals surface area contributed by atoms with Crippen LogP contribution in [0.3, 0.4) is 0 Å². The first-order valence-electron chi connectivity index (χ1n) is 19.6. The molecule has 2 saturated heterocycles. The second-order valence-electron chi connectivity index (χ2n) is 14.8. The normalized spacial score (nSPS) is 25.2. The fourth-order valence-electron chi connectivity index (χ4n) is 9.06. The lowest BCUT2D eigenvalue weighted by Gasteiger charge is -2.38. The Kier molecular flexibility index (Phi) is 27.3. The van der Waals surface area contributed by atoms with Crippen LogP contribution in [0.2, 0.25) is 0 Å². The maximum atomic E-state index is 2.48. The minimum Gasteiger partial charge on any atom is -1.00 e. The van der Waals surface area contributed by atoms with Crippen molar-refractivity contribution >= 4 is 0 Å². The van der Waals surface area contributed by atoms with E-state index in [4.69, 9.17) is 0 Å². The lowest BCUT2D eigenvalue weighted by molar-refractivity contribution is -0.936. The van der Waals surface area contributed by atoms with E-state index in [9.17, 15) is 0 Å². The van der Waals surface area contributed by atoms with Gasteiger partial charge in [0.2, 0.25) is 0 Å². The molecule has 2 aliphatic heterocycles. The van der Waals surface area contributed by atoms with Crippen molar-refractivity contribution in [3.63, 3.8) is 0 Å². The molecule has 4 atom stereocenters. The summed E-state index contributed by atoms with van der Waals surface area (Å²) < 4.78 is 5.48. The van der Waals surface area contributed by atoms with Crippen LogP contribution in [0.25, 0.3) is 0 Å². The third-order valence-corrected chi connectivity index (χ3v) is 13.6. The van der Waals surface area contributed by atoms with Crippen molar-refractivity contribution in [1.82, 2.24) is 0 Å². The highest BCUT2D eigenvalue weighted by Crippen LogP contribution is 2.28. The van der Waals surface area contributed by atoms with Crippen molar-refractivity contribution in [2.75, 3.05) is 91.6 Å². The van der Waals surface area contributed by atoms with Crippen molar-refractivity contribution in [2.24, 2.45) is 0 Å². The number of nitrogens with zero attached hydrogens (tertiary/aromatic N) is 4. The summed E-state index contributed by atoms with van der Waals surface area (Å²) in [7, 11) is 0. The first-order valence-corrected chi connectivity index (χ1v) is 19.6. The Labute approximate surface area is 313 Å². The van der Waals surface area contributed by atoms with Crippen LogP contribution in [0.15, 0.2) is 0 Å². The van der Waals surface area contributed by atoms with E-state index in [1.807, 2.05) is 0 Å². The Hall–Kier alpha value is 1.30. The molecule has 0 bridgehead atoms. The number of unbranched alkanes of at least 4 members (excludes halogenated alkanes) is 6. The van der Waals surface area contributed by atoms with Crippen molar-refractivity contribution < 1.29 is 65.9 Å². The summed E-state index contributed by atoms with van der Waals surface area (Å²) in [5, 5.41) is 0. The highest BCUT2D eigenvalue weighted by atomic mass is 127. The van der Waals surface area contributed by atoms with Gasteiger partial charge in [-0.3, -0.25) is 0 Å². The van der Waals surface area contributed by atoms with Gasteiger partial charge in [-0.2, -0.15) is 0 Å². The summed E-state index contributed by atoms with van der Waals surface area (Å²) >= 11 is 0. The average molecular weight is 851 g/mol. The molecule has 0 spiro atoms. The van der Waals surface area contributed by atoms with Crippen LogP contribution in [-0.2, 0) is 0 Å². The Bertz CT molecular complexity index is 597. The summed E-state index contributed by atoms with van der Waals surface area (Å²) in [5.41, 5.74) is 0. The molecule has 0 aromatic rings. The number of quaternary nitrogens is 4. The van der Waals surface area contributed by atoms with Crippen molar-refractivity contribution in [3.05, 3.63) is 0 Å². The first kappa shape index (κ1) is 47.4. The fourth-order valence-corrected chi connectivity index (χ4v) is 9.06. The molecule has 0 N–H and O–H groups in total. The zero-order valence-electron chi connectivity index (χ0n) is 32.1. The maximum Gasteiger partial charge on any atom is 0.0863 e. The van der Waals surface area contributed by atoms with Gasteiger partial charge in [-0.25, -0.2) is 0 Å². The van der Waals surface area contributed by atoms with E-state index >= 15 is 0 Å². The van der Waals surface area contributed by atoms with Crippen LogP contribution in [-0.4, -0.2) is 122 Å². The zero-order chi connectivity index (χ0) is 31.5. The first-order chi connectivity index (χ1) is 20.2. The SMILES string of the molecule is CC[N+](CC)(CC)CCCCCC[N+]1(CC)CCCC1C.CC[N+](CC)(CC)CCCCCC[N+]1(CC)CCCC1C.[I-].[I-]. The van der Waals surface area contributed by atoms with E-state index in [-0.39, 0.29) is 48.0 Å². The topological polar surface area (TPSA) is 0 Å². The average Bonchev–Trinajstić information content (AvgIpc) is 3.59. The molecule has 0 radical (unpaired) electrons. The van der Waals surface area contributed by atoms with Gasteiger partial charge in [0.25, 0.3) is 0 Å². The van der Waals surface area contributed by atoms with E-state index in [1.54, 1.807) is 0 Å². The molecular formula is C38H84I2N4+2. The van der Waals surface area contributed by atoms with Crippen LogP contribution >= 0.6 is 0 Å². The molecule has 0 aliphatic carbocycles. The highest BCUT2D eigenvalue weighted by Gasteiger charge is 2.37. The molecule has 2 fully saturated rings. The standard InChI is InChI=1S/2C19H42N2.2HI/c2*1-6-20(7-2,8-3)16-12-10-11-13-17-21(9-4)18-14-15-19(21)5;;/h2*19H,6-18H2,1-5H3;2*1H/q2*+2;;/p-2. The summed E-state index contributed by atoms with van der Waals surface area (Å²) in [4.78, 5) is 0. The molecule has 0 amide bonds. The number of hydrogen-bond acceptors (Lipinski definition) is 0. The van der Waals surface area contributed by atoms with Gasteiger partial charge in [0.15, 0.2) is 0 Å². The van der Waals surface area contributed by atoms with E-state index in [0.29, 0.717) is 0 Å². The Morgan fingerprint density at radius 3 is 0.977 bits per heavy atom. The van der Waals surface area contributed by atoms with Crippen LogP contribution < -0.4 is 48.0 Å². The van der Waals surface area contributed by atoms with Gasteiger partial charge in [-0.1, -0.05) is 0 Å². The number of likely N-dealkylation sites (tertiary alicyclic amines) is 2. The monoisotopic (exact) mass is 850 g/mol. The van der Waals surface area contributed by atoms with Crippen LogP contribution in [0.5, 0.6) is 0 Å². The molecule has 2 rings (SSSR count). The molecule has 4 nitrogen and oxygen atoms in total. The second kappa shape index (κ2) is 25.3. The molecule has 0 aromatic carbocycles. The van der Waals surface area contributed by atoms with Crippen LogP contribution in [0.1, 0.15) is 146 Å². The molecule has 2 heterocycles. The van der Waals surface area contributed by atoms with E-state index in [1.165, 1.54) is 187 Å². The summed E-state index contributed by atoms with van der Waals surface area (Å²) in [6, 6.07) is 1.83. The Morgan fingerprint density at radius 2 is 0.750 bits per heavy atom. The van der Waals surface area contributed by atoms with Gasteiger partial charge in [0, 0.05) is 25.7 Å². The number of halogens is 2. The lowest BCUT2D eigenvalue weighted by atomic mass is 10.1. The van der Waals surface area contributed by atoms with Crippen LogP contribution in [0, 0.1) is 0 Å². The molecule has 2 aliphatic rings. The van der Waals surface area contributed by atoms with Gasteiger partial charge in [-0.15, -0.1) is 0 Å². The van der Waals surface area contributed by atoms with Gasteiger partial charge >= 0.3 is 0 Å². The quantitative estimate of drug-likeness (QED) is 0.0895. The third-order valence-electron chi connectivity index (χ3n) is 13.6. The van der Waals surface area contributed by atoms with Gasteiger partial charge in [-0.05, 0) is 121 Å². The molecule has 0 aromatic heterocycles. The van der Waals surface area contributed by atoms with E-state index in [2.05, 4.69) is 69.2 Å². The molecule has 0 saturated carbocycles. The fraction of sp³-hybridized carbons (Fsp3) is 1.00. The Balaban J connectivity index is 0. The smallest absolute Gasteiger partial charge is 0.0863 e. The molecule has 4 unspecified atom stereocenters. The summed E-state index contributed by atoms with van der Waals surface area (Å²) in [6.07, 6.45) is 17.4. The van der Waals surface area contributed by atoms with Crippen molar-refractivity contribution in [2.45, 2.75) is 158 Å². The number of hydrogen-bond donors (Lipinski definition) is 0. The molecule has 44 heavy (non-hydrogen) atoms. The zero-order valence-corrected chi connectivity index (χ0v) is 36.4. The van der Waals surface area contributed by atoms with Gasteiger partial charge < -0.3 is 65.9 Å². The van der Waals surface area contributed by atoms with Gasteiger partial charge in [0.05, 0.1) is 104 Å². The summed E-state index contributed by atoms with van der Waals surface area (Å²) in [5.74, 6) is 0. The molecule has 268 valence electrons. The molecular weight excluding hydrogens is 766 g/mol. The minimum absolute atomic E-state index is 0. The third kappa shape index (κ3) is 14.4. The predicted octanol–water partition coefficient (Wildman–Crippen LogP) is 2.89. The second-order valence-corrected chi connectivity index (χ2v) is 14.8. The van der Waals surface area contributed by atoms with Crippen LogP contribution in [0.4, 0.5) is 0 Å². The van der Waals surface area contributed by atoms with E-state index < -0.39 is 0 Å². The summed E-state index contributed by atoms with van der Waals surface area (Å²) in [6.45, 7) is 43.0. The van der Waals surface area contributed by atoms with E-state index in [0.717, 1.165) is 12.1 Å². The minimum atomic E-state index is 0.